The number of nitrogens with zero attached hydrogens (tertiary/aromatic N) is 2. The number of aryl methyl sites for hydroxylation is 1. The number of anilines is 1. The van der Waals surface area contributed by atoms with Gasteiger partial charge < -0.3 is 14.8 Å². The van der Waals surface area contributed by atoms with Crippen molar-refractivity contribution in [3.8, 4) is 0 Å². The molecule has 1 aliphatic heterocycles. The minimum absolute atomic E-state index is 0.279. The molecule has 0 fully saturated rings. The summed E-state index contributed by atoms with van der Waals surface area (Å²) in [4.78, 5) is 48.8. The normalized spacial score (nSPS) is 15.5. The van der Waals surface area contributed by atoms with Crippen molar-refractivity contribution in [3.05, 3.63) is 93.0 Å². The molecule has 228 valence electrons. The van der Waals surface area contributed by atoms with E-state index in [0.29, 0.717) is 34.5 Å². The number of rotatable bonds is 8. The van der Waals surface area contributed by atoms with E-state index in [9.17, 15) is 14.4 Å². The van der Waals surface area contributed by atoms with Gasteiger partial charge in [-0.2, -0.15) is 0 Å². The van der Waals surface area contributed by atoms with Crippen LogP contribution in [0, 0.1) is 0 Å². The third-order valence-electron chi connectivity index (χ3n) is 8.54. The zero-order chi connectivity index (χ0) is 30.6. The van der Waals surface area contributed by atoms with Crippen molar-refractivity contribution in [2.24, 2.45) is 0 Å². The van der Waals surface area contributed by atoms with Gasteiger partial charge in [0.25, 0.3) is 5.91 Å². The Hall–Kier alpha value is -4.08. The average Bonchev–Trinajstić information content (AvgIpc) is 3.21. The summed E-state index contributed by atoms with van der Waals surface area (Å²) in [6, 6.07) is 17.9. The predicted molar refractivity (Wildman–Crippen MR) is 171 cm³/mol. The molecule has 44 heavy (non-hydrogen) atoms. The zero-order valence-electron chi connectivity index (χ0n) is 25.2. The second-order valence-electron chi connectivity index (χ2n) is 11.4. The van der Waals surface area contributed by atoms with Gasteiger partial charge in [-0.3, -0.25) is 14.7 Å². The fourth-order valence-electron chi connectivity index (χ4n) is 6.31. The Balaban J connectivity index is 1.27. The standard InChI is InChI=1S/C35H37N3O5S/c1-3-28(32(39)37-33-31(34(40)42-2)24-15-8-5-9-17-29(24)44-33)43-35(41)30-23-14-10-11-16-26(23)36-27-18-19-38(21-25(27)30)20-22-12-6-4-7-13-22/h4,6-7,10-14,16,28H,3,5,8-9,15,17-21H2,1-2H3,(H,37,39). The van der Waals surface area contributed by atoms with Crippen LogP contribution in [0.25, 0.3) is 10.9 Å². The minimum Gasteiger partial charge on any atom is -0.465 e. The van der Waals surface area contributed by atoms with Crippen molar-refractivity contribution in [1.82, 2.24) is 9.88 Å². The number of amides is 1. The molecule has 6 rings (SSSR count). The van der Waals surface area contributed by atoms with Crippen LogP contribution in [0.2, 0.25) is 0 Å². The number of aromatic nitrogens is 1. The number of esters is 2. The maximum Gasteiger partial charge on any atom is 0.341 e. The molecule has 4 aromatic rings. The van der Waals surface area contributed by atoms with Crippen molar-refractivity contribution in [2.45, 2.75) is 71.1 Å². The molecule has 1 atom stereocenters. The van der Waals surface area contributed by atoms with Gasteiger partial charge in [-0.25, -0.2) is 9.59 Å². The van der Waals surface area contributed by atoms with E-state index in [1.165, 1.54) is 24.0 Å². The molecule has 0 spiro atoms. The van der Waals surface area contributed by atoms with Crippen LogP contribution < -0.4 is 5.32 Å². The van der Waals surface area contributed by atoms with E-state index < -0.39 is 23.9 Å². The summed E-state index contributed by atoms with van der Waals surface area (Å²) in [5.74, 6) is -1.46. The van der Waals surface area contributed by atoms with E-state index in [0.717, 1.165) is 72.4 Å². The van der Waals surface area contributed by atoms with Gasteiger partial charge in [-0.15, -0.1) is 11.3 Å². The third-order valence-corrected chi connectivity index (χ3v) is 9.75. The van der Waals surface area contributed by atoms with E-state index >= 15 is 0 Å². The first-order valence-electron chi connectivity index (χ1n) is 15.4. The molecule has 0 radical (unpaired) electrons. The lowest BCUT2D eigenvalue weighted by molar-refractivity contribution is -0.124. The molecular formula is C35H37N3O5S. The maximum atomic E-state index is 14.0. The minimum atomic E-state index is -1.04. The smallest absolute Gasteiger partial charge is 0.341 e. The Kier molecular flexibility index (Phi) is 9.04. The van der Waals surface area contributed by atoms with Crippen LogP contribution in [-0.2, 0) is 46.6 Å². The van der Waals surface area contributed by atoms with Gasteiger partial charge in [-0.1, -0.05) is 61.9 Å². The predicted octanol–water partition coefficient (Wildman–Crippen LogP) is 6.48. The molecule has 1 unspecified atom stereocenters. The average molecular weight is 612 g/mol. The molecule has 3 heterocycles. The fourth-order valence-corrected chi connectivity index (χ4v) is 7.59. The number of thiophene rings is 1. The number of methoxy groups -OCH3 is 1. The number of nitrogens with one attached hydrogen (secondary N) is 1. The number of carbonyl (C=O) groups is 3. The lowest BCUT2D eigenvalue weighted by Crippen LogP contribution is -2.35. The van der Waals surface area contributed by atoms with Crippen molar-refractivity contribution in [2.75, 3.05) is 19.0 Å². The molecule has 1 amide bonds. The van der Waals surface area contributed by atoms with Gasteiger partial charge in [-0.05, 0) is 49.3 Å². The fraction of sp³-hybridized carbons (Fsp3) is 0.371. The summed E-state index contributed by atoms with van der Waals surface area (Å²) in [5, 5.41) is 4.10. The number of para-hydroxylation sites is 1. The van der Waals surface area contributed by atoms with Crippen LogP contribution in [-0.4, -0.2) is 47.5 Å². The highest BCUT2D eigenvalue weighted by Crippen LogP contribution is 2.38. The molecule has 0 bridgehead atoms. The van der Waals surface area contributed by atoms with Gasteiger partial charge in [0, 0.05) is 47.6 Å². The summed E-state index contributed by atoms with van der Waals surface area (Å²) >= 11 is 1.42. The van der Waals surface area contributed by atoms with Gasteiger partial charge in [0.05, 0.1) is 23.8 Å². The molecular weight excluding hydrogens is 574 g/mol. The number of benzene rings is 2. The Labute approximate surface area is 261 Å². The van der Waals surface area contributed by atoms with Crippen LogP contribution >= 0.6 is 11.3 Å². The van der Waals surface area contributed by atoms with Crippen molar-refractivity contribution >= 4 is 45.1 Å². The SMILES string of the molecule is CCC(OC(=O)c1c2c(nc3ccccc13)CCN(Cc1ccccc1)C2)C(=O)Nc1sc2c(c1C(=O)OC)CCCCC2. The highest BCUT2D eigenvalue weighted by molar-refractivity contribution is 7.17. The molecule has 1 aliphatic carbocycles. The van der Waals surface area contributed by atoms with Crippen LogP contribution in [0.4, 0.5) is 5.00 Å². The Morgan fingerprint density at radius 3 is 2.50 bits per heavy atom. The van der Waals surface area contributed by atoms with Gasteiger partial charge in [0.2, 0.25) is 0 Å². The molecule has 0 saturated heterocycles. The molecule has 1 N–H and O–H groups in total. The van der Waals surface area contributed by atoms with Crippen LogP contribution in [0.5, 0.6) is 0 Å². The van der Waals surface area contributed by atoms with Crippen molar-refractivity contribution in [1.29, 1.82) is 0 Å². The first-order chi connectivity index (χ1) is 21.5. The second-order valence-corrected chi connectivity index (χ2v) is 12.5. The van der Waals surface area contributed by atoms with E-state index in [-0.39, 0.29) is 6.42 Å². The molecule has 9 heteroatoms. The van der Waals surface area contributed by atoms with Crippen molar-refractivity contribution < 1.29 is 23.9 Å². The van der Waals surface area contributed by atoms with E-state index in [2.05, 4.69) is 22.3 Å². The van der Waals surface area contributed by atoms with E-state index in [1.54, 1.807) is 0 Å². The largest absolute Gasteiger partial charge is 0.465 e. The molecule has 2 aliphatic rings. The van der Waals surface area contributed by atoms with Crippen molar-refractivity contribution in [3.63, 3.8) is 0 Å². The third kappa shape index (κ3) is 6.12. The molecule has 2 aromatic heterocycles. The first kappa shape index (κ1) is 30.0. The highest BCUT2D eigenvalue weighted by Gasteiger charge is 2.32. The number of hydrogen-bond acceptors (Lipinski definition) is 8. The topological polar surface area (TPSA) is 97.8 Å². The Morgan fingerprint density at radius 2 is 1.70 bits per heavy atom. The number of carbonyl (C=O) groups excluding carboxylic acids is 3. The van der Waals surface area contributed by atoms with Crippen LogP contribution in [0.3, 0.4) is 0 Å². The quantitative estimate of drug-likeness (QED) is 0.180. The number of ether oxygens (including phenoxy) is 2. The summed E-state index contributed by atoms with van der Waals surface area (Å²) in [6.07, 6.45) is 4.74. The molecule has 2 aromatic carbocycles. The molecule has 0 saturated carbocycles. The Morgan fingerprint density at radius 1 is 0.932 bits per heavy atom. The summed E-state index contributed by atoms with van der Waals surface area (Å²) in [7, 11) is 1.35. The van der Waals surface area contributed by atoms with Gasteiger partial charge in [0.15, 0.2) is 6.10 Å². The number of hydrogen-bond donors (Lipinski definition) is 1. The van der Waals surface area contributed by atoms with E-state index in [1.807, 2.05) is 49.4 Å². The lowest BCUT2D eigenvalue weighted by Gasteiger charge is -2.30. The highest BCUT2D eigenvalue weighted by atomic mass is 32.1. The zero-order valence-corrected chi connectivity index (χ0v) is 26.0. The van der Waals surface area contributed by atoms with Gasteiger partial charge in [0.1, 0.15) is 5.00 Å². The lowest BCUT2D eigenvalue weighted by atomic mass is 9.95. The second kappa shape index (κ2) is 13.3. The maximum absolute atomic E-state index is 14.0. The first-order valence-corrected chi connectivity index (χ1v) is 16.2. The molecule has 8 nitrogen and oxygen atoms in total. The number of fused-ring (bicyclic) bond motifs is 3. The van der Waals surface area contributed by atoms with Crippen LogP contribution in [0.1, 0.15) is 80.6 Å². The summed E-state index contributed by atoms with van der Waals surface area (Å²) < 4.78 is 11.1. The summed E-state index contributed by atoms with van der Waals surface area (Å²) in [5.41, 5.74) is 5.53. The van der Waals surface area contributed by atoms with Crippen LogP contribution in [0.15, 0.2) is 54.6 Å². The summed E-state index contributed by atoms with van der Waals surface area (Å²) in [6.45, 7) is 3.95. The van der Waals surface area contributed by atoms with E-state index in [4.69, 9.17) is 14.5 Å². The monoisotopic (exact) mass is 611 g/mol. The number of pyridine rings is 1. The van der Waals surface area contributed by atoms with Gasteiger partial charge >= 0.3 is 11.9 Å². The Bertz CT molecular complexity index is 1700.